The van der Waals surface area contributed by atoms with Gasteiger partial charge in [0.25, 0.3) is 0 Å². The van der Waals surface area contributed by atoms with Crippen molar-refractivity contribution in [2.45, 2.75) is 32.6 Å². The van der Waals surface area contributed by atoms with Crippen LogP contribution < -0.4 is 5.32 Å². The van der Waals surface area contributed by atoms with Crippen molar-refractivity contribution in [2.24, 2.45) is 5.92 Å². The molecule has 0 aromatic carbocycles. The third-order valence-electron chi connectivity index (χ3n) is 2.50. The number of aromatic nitrogens is 2. The number of hydrogen-bond donors (Lipinski definition) is 1. The summed E-state index contributed by atoms with van der Waals surface area (Å²) in [5.41, 5.74) is 0. The fraction of sp³-hybridized carbons (Fsp3) is 0.636. The molecule has 15 heavy (non-hydrogen) atoms. The Balaban J connectivity index is 2.05. The molecule has 1 N–H and O–H groups in total. The summed E-state index contributed by atoms with van der Waals surface area (Å²) in [4.78, 5) is 8.93. The first kappa shape index (κ1) is 11.1. The zero-order valence-corrected chi connectivity index (χ0v) is 11.1. The summed E-state index contributed by atoms with van der Waals surface area (Å²) in [7, 11) is 0. The number of nitrogens with zero attached hydrogens (tertiary/aromatic N) is 2. The van der Waals surface area contributed by atoms with Crippen molar-refractivity contribution in [2.75, 3.05) is 11.9 Å². The summed E-state index contributed by atoms with van der Waals surface area (Å²) >= 11 is 2.28. The highest BCUT2D eigenvalue weighted by Crippen LogP contribution is 2.32. The van der Waals surface area contributed by atoms with E-state index in [-0.39, 0.29) is 0 Å². The van der Waals surface area contributed by atoms with Gasteiger partial charge >= 0.3 is 0 Å². The second-order valence-corrected chi connectivity index (χ2v) is 5.22. The lowest BCUT2D eigenvalue weighted by molar-refractivity contribution is 0.767. The van der Waals surface area contributed by atoms with Crippen LogP contribution in [0, 0.1) is 9.49 Å². The van der Waals surface area contributed by atoms with Gasteiger partial charge in [-0.3, -0.25) is 0 Å². The van der Waals surface area contributed by atoms with Gasteiger partial charge in [-0.1, -0.05) is 6.92 Å². The Morgan fingerprint density at radius 3 is 3.00 bits per heavy atom. The predicted molar refractivity (Wildman–Crippen MR) is 70.0 cm³/mol. The van der Waals surface area contributed by atoms with Crippen LogP contribution >= 0.6 is 22.6 Å². The Labute approximate surface area is 104 Å². The van der Waals surface area contributed by atoms with Crippen LogP contribution in [0.25, 0.3) is 0 Å². The molecule has 0 atom stereocenters. The molecule has 0 bridgehead atoms. The van der Waals surface area contributed by atoms with Crippen molar-refractivity contribution < 1.29 is 0 Å². The normalized spacial score (nSPS) is 15.3. The third kappa shape index (κ3) is 3.29. The van der Waals surface area contributed by atoms with Gasteiger partial charge < -0.3 is 5.32 Å². The third-order valence-corrected chi connectivity index (χ3v) is 3.29. The lowest BCUT2D eigenvalue weighted by atomic mass is 10.3. The zero-order valence-electron chi connectivity index (χ0n) is 8.96. The Hall–Kier alpha value is -0.390. The van der Waals surface area contributed by atoms with E-state index in [0.717, 1.165) is 40.5 Å². The molecule has 1 saturated carbocycles. The summed E-state index contributed by atoms with van der Waals surface area (Å²) < 4.78 is 1.11. The summed E-state index contributed by atoms with van der Waals surface area (Å²) in [5.74, 6) is 2.85. The highest BCUT2D eigenvalue weighted by Gasteiger charge is 2.23. The minimum Gasteiger partial charge on any atom is -0.369 e. The number of rotatable bonds is 5. The number of hydrogen-bond acceptors (Lipinski definition) is 3. The van der Waals surface area contributed by atoms with Crippen molar-refractivity contribution >= 4 is 28.4 Å². The first-order valence-electron chi connectivity index (χ1n) is 5.55. The summed E-state index contributed by atoms with van der Waals surface area (Å²) in [6, 6.07) is 0. The lowest BCUT2D eigenvalue weighted by Crippen LogP contribution is -2.07. The van der Waals surface area contributed by atoms with Crippen LogP contribution in [-0.2, 0) is 6.42 Å². The highest BCUT2D eigenvalue weighted by atomic mass is 127. The van der Waals surface area contributed by atoms with Gasteiger partial charge in [-0.05, 0) is 47.8 Å². The van der Waals surface area contributed by atoms with Crippen molar-refractivity contribution in [1.29, 1.82) is 0 Å². The van der Waals surface area contributed by atoms with E-state index in [4.69, 9.17) is 0 Å². The van der Waals surface area contributed by atoms with Gasteiger partial charge in [0.2, 0.25) is 0 Å². The van der Waals surface area contributed by atoms with Crippen molar-refractivity contribution in [3.05, 3.63) is 15.6 Å². The number of nitrogens with one attached hydrogen (secondary N) is 1. The molecule has 0 radical (unpaired) electrons. The molecule has 1 aromatic rings. The number of anilines is 1. The van der Waals surface area contributed by atoms with Crippen LogP contribution in [0.5, 0.6) is 0 Å². The number of halogens is 1. The van der Waals surface area contributed by atoms with E-state index in [2.05, 4.69) is 44.8 Å². The molecule has 0 spiro atoms. The van der Waals surface area contributed by atoms with E-state index in [1.54, 1.807) is 0 Å². The first-order chi connectivity index (χ1) is 7.29. The summed E-state index contributed by atoms with van der Waals surface area (Å²) in [6.45, 7) is 3.14. The van der Waals surface area contributed by atoms with Crippen molar-refractivity contribution in [1.82, 2.24) is 9.97 Å². The molecule has 0 amide bonds. The van der Waals surface area contributed by atoms with Crippen LogP contribution in [0.1, 0.15) is 32.0 Å². The molecule has 0 unspecified atom stereocenters. The van der Waals surface area contributed by atoms with Crippen molar-refractivity contribution in [3.8, 4) is 0 Å². The standard InChI is InChI=1S/C11H16IN3/c1-2-5-13-11-9(12)7-14-10(15-11)6-8-3-4-8/h7-8H,2-6H2,1H3,(H,13,14,15). The monoisotopic (exact) mass is 317 g/mol. The minimum atomic E-state index is 0.851. The van der Waals surface area contributed by atoms with Gasteiger partial charge in [0.05, 0.1) is 3.57 Å². The molecule has 82 valence electrons. The average Bonchev–Trinajstić information content (AvgIpc) is 3.03. The maximum atomic E-state index is 4.56. The smallest absolute Gasteiger partial charge is 0.143 e. The highest BCUT2D eigenvalue weighted by molar-refractivity contribution is 14.1. The molecule has 1 aromatic heterocycles. The molecule has 1 fully saturated rings. The lowest BCUT2D eigenvalue weighted by Gasteiger charge is -2.07. The fourth-order valence-corrected chi connectivity index (χ4v) is 1.90. The van der Waals surface area contributed by atoms with Gasteiger partial charge in [-0.2, -0.15) is 0 Å². The molecule has 0 saturated heterocycles. The van der Waals surface area contributed by atoms with Crippen LogP contribution in [0.3, 0.4) is 0 Å². The van der Waals surface area contributed by atoms with E-state index in [1.165, 1.54) is 12.8 Å². The molecule has 1 heterocycles. The Kier molecular flexibility index (Phi) is 3.77. The molecule has 2 rings (SSSR count). The summed E-state index contributed by atoms with van der Waals surface area (Å²) in [5, 5.41) is 3.34. The zero-order chi connectivity index (χ0) is 10.7. The Morgan fingerprint density at radius 2 is 2.33 bits per heavy atom. The molecular formula is C11H16IN3. The molecule has 1 aliphatic carbocycles. The quantitative estimate of drug-likeness (QED) is 0.849. The van der Waals surface area contributed by atoms with Crippen molar-refractivity contribution in [3.63, 3.8) is 0 Å². The Morgan fingerprint density at radius 1 is 1.53 bits per heavy atom. The SMILES string of the molecule is CCCNc1nc(CC2CC2)ncc1I. The molecule has 4 heteroatoms. The van der Waals surface area contributed by atoms with Gasteiger partial charge in [0, 0.05) is 19.2 Å². The average molecular weight is 317 g/mol. The van der Waals surface area contributed by atoms with Gasteiger partial charge in [0.15, 0.2) is 0 Å². The van der Waals surface area contributed by atoms with Crippen LogP contribution in [0.15, 0.2) is 6.20 Å². The van der Waals surface area contributed by atoms with Crippen LogP contribution in [-0.4, -0.2) is 16.5 Å². The van der Waals surface area contributed by atoms with E-state index in [0.29, 0.717) is 0 Å². The van der Waals surface area contributed by atoms with Gasteiger partial charge in [-0.15, -0.1) is 0 Å². The minimum absolute atomic E-state index is 0.851. The molecular weight excluding hydrogens is 301 g/mol. The maximum absolute atomic E-state index is 4.56. The largest absolute Gasteiger partial charge is 0.369 e. The van der Waals surface area contributed by atoms with Gasteiger partial charge in [0.1, 0.15) is 11.6 Å². The van der Waals surface area contributed by atoms with E-state index in [9.17, 15) is 0 Å². The van der Waals surface area contributed by atoms with E-state index >= 15 is 0 Å². The predicted octanol–water partition coefficient (Wildman–Crippen LogP) is 2.86. The molecule has 0 aliphatic heterocycles. The fourth-order valence-electron chi connectivity index (χ4n) is 1.45. The van der Waals surface area contributed by atoms with E-state index in [1.807, 2.05) is 6.20 Å². The Bertz CT molecular complexity index is 337. The maximum Gasteiger partial charge on any atom is 0.143 e. The van der Waals surface area contributed by atoms with Gasteiger partial charge in [-0.25, -0.2) is 9.97 Å². The summed E-state index contributed by atoms with van der Waals surface area (Å²) in [6.07, 6.45) is 6.80. The molecule has 3 nitrogen and oxygen atoms in total. The molecule has 1 aliphatic rings. The van der Waals surface area contributed by atoms with E-state index < -0.39 is 0 Å². The van der Waals surface area contributed by atoms with Crippen LogP contribution in [0.2, 0.25) is 0 Å². The van der Waals surface area contributed by atoms with Crippen LogP contribution in [0.4, 0.5) is 5.82 Å². The second kappa shape index (κ2) is 5.09. The second-order valence-electron chi connectivity index (χ2n) is 4.06. The topological polar surface area (TPSA) is 37.8 Å². The first-order valence-corrected chi connectivity index (χ1v) is 6.62.